The van der Waals surface area contributed by atoms with Crippen molar-refractivity contribution in [2.75, 3.05) is 7.05 Å². The van der Waals surface area contributed by atoms with Gasteiger partial charge in [-0.05, 0) is 19.8 Å². The number of hydrogen-bond donors (Lipinski definition) is 2. The van der Waals surface area contributed by atoms with E-state index in [1.54, 1.807) is 7.05 Å². The van der Waals surface area contributed by atoms with Gasteiger partial charge < -0.3 is 10.6 Å². The van der Waals surface area contributed by atoms with Crippen molar-refractivity contribution in [3.05, 3.63) is 0 Å². The zero-order valence-corrected chi connectivity index (χ0v) is 9.31. The van der Waals surface area contributed by atoms with Crippen molar-refractivity contribution in [3.63, 3.8) is 0 Å². The first-order valence-corrected chi connectivity index (χ1v) is 5.71. The monoisotopic (exact) mass is 198 g/mol. The highest BCUT2D eigenvalue weighted by atomic mass is 16.2. The second-order valence-corrected chi connectivity index (χ2v) is 4.19. The molecule has 0 aromatic carbocycles. The highest BCUT2D eigenvalue weighted by Crippen LogP contribution is 2.17. The summed E-state index contributed by atoms with van der Waals surface area (Å²) in [6.45, 7) is 1.93. The lowest BCUT2D eigenvalue weighted by Crippen LogP contribution is -2.45. The van der Waals surface area contributed by atoms with Crippen LogP contribution in [0.5, 0.6) is 0 Å². The van der Waals surface area contributed by atoms with Crippen molar-refractivity contribution >= 4 is 5.91 Å². The highest BCUT2D eigenvalue weighted by Gasteiger charge is 2.17. The zero-order valence-electron chi connectivity index (χ0n) is 9.31. The lowest BCUT2D eigenvalue weighted by molar-refractivity contribution is -0.122. The van der Waals surface area contributed by atoms with Gasteiger partial charge in [-0.15, -0.1) is 0 Å². The summed E-state index contributed by atoms with van der Waals surface area (Å²) in [6.07, 6.45) is 7.76. The van der Waals surface area contributed by atoms with Crippen molar-refractivity contribution < 1.29 is 4.79 Å². The van der Waals surface area contributed by atoms with E-state index in [9.17, 15) is 4.79 Å². The predicted octanol–water partition coefficient (Wildman–Crippen LogP) is 1.43. The number of rotatable bonds is 3. The summed E-state index contributed by atoms with van der Waals surface area (Å²) >= 11 is 0. The number of likely N-dealkylation sites (N-methyl/N-ethyl adjacent to an activating group) is 1. The molecule has 1 fully saturated rings. The van der Waals surface area contributed by atoms with Crippen LogP contribution in [0.3, 0.4) is 0 Å². The van der Waals surface area contributed by atoms with Gasteiger partial charge in [0.05, 0.1) is 6.04 Å². The number of carbonyl (C=O) groups is 1. The fourth-order valence-electron chi connectivity index (χ4n) is 2.09. The molecule has 1 atom stereocenters. The molecule has 0 aliphatic heterocycles. The molecule has 0 aromatic rings. The molecule has 1 rings (SSSR count). The molecular formula is C11H22N2O. The third kappa shape index (κ3) is 3.66. The van der Waals surface area contributed by atoms with Gasteiger partial charge in [0.1, 0.15) is 0 Å². The Kier molecular flexibility index (Phi) is 4.94. The standard InChI is InChI=1S/C11H22N2O/c1-9(11(14)12-2)13-10-7-5-3-4-6-8-10/h9-10,13H,3-8H2,1-2H3,(H,12,14)/t9-/m1/s1. The summed E-state index contributed by atoms with van der Waals surface area (Å²) in [7, 11) is 1.69. The fraction of sp³-hybridized carbons (Fsp3) is 0.909. The molecule has 14 heavy (non-hydrogen) atoms. The average molecular weight is 198 g/mol. The molecule has 1 amide bonds. The zero-order chi connectivity index (χ0) is 10.4. The van der Waals surface area contributed by atoms with Crippen molar-refractivity contribution in [2.45, 2.75) is 57.5 Å². The number of carbonyl (C=O) groups excluding carboxylic acids is 1. The van der Waals surface area contributed by atoms with Crippen LogP contribution in [0.4, 0.5) is 0 Å². The van der Waals surface area contributed by atoms with Gasteiger partial charge in [-0.25, -0.2) is 0 Å². The van der Waals surface area contributed by atoms with Gasteiger partial charge in [-0.1, -0.05) is 25.7 Å². The SMILES string of the molecule is CNC(=O)[C@@H](C)NC1CCCCCC1. The summed E-state index contributed by atoms with van der Waals surface area (Å²) in [5.41, 5.74) is 0. The van der Waals surface area contributed by atoms with Crippen LogP contribution in [0.25, 0.3) is 0 Å². The molecule has 0 unspecified atom stereocenters. The quantitative estimate of drug-likeness (QED) is 0.674. The van der Waals surface area contributed by atoms with E-state index in [4.69, 9.17) is 0 Å². The van der Waals surface area contributed by atoms with E-state index in [0.717, 1.165) is 0 Å². The van der Waals surface area contributed by atoms with Gasteiger partial charge in [-0.2, -0.15) is 0 Å². The van der Waals surface area contributed by atoms with Crippen LogP contribution in [-0.2, 0) is 4.79 Å². The largest absolute Gasteiger partial charge is 0.358 e. The summed E-state index contributed by atoms with van der Waals surface area (Å²) in [5, 5.41) is 6.07. The molecule has 1 saturated carbocycles. The van der Waals surface area contributed by atoms with Gasteiger partial charge in [-0.3, -0.25) is 4.79 Å². The maximum absolute atomic E-state index is 11.3. The summed E-state index contributed by atoms with van der Waals surface area (Å²) in [6, 6.07) is 0.493. The van der Waals surface area contributed by atoms with Crippen LogP contribution in [-0.4, -0.2) is 25.0 Å². The second-order valence-electron chi connectivity index (χ2n) is 4.19. The van der Waals surface area contributed by atoms with Crippen LogP contribution in [0.2, 0.25) is 0 Å². The molecule has 0 radical (unpaired) electrons. The second kappa shape index (κ2) is 6.02. The number of hydrogen-bond acceptors (Lipinski definition) is 2. The fourth-order valence-corrected chi connectivity index (χ4v) is 2.09. The smallest absolute Gasteiger partial charge is 0.236 e. The van der Waals surface area contributed by atoms with Crippen LogP contribution < -0.4 is 10.6 Å². The molecule has 3 heteroatoms. The third-order valence-corrected chi connectivity index (χ3v) is 2.98. The Morgan fingerprint density at radius 1 is 1.21 bits per heavy atom. The van der Waals surface area contributed by atoms with E-state index in [-0.39, 0.29) is 11.9 Å². The first-order chi connectivity index (χ1) is 6.74. The van der Waals surface area contributed by atoms with Gasteiger partial charge >= 0.3 is 0 Å². The molecule has 0 saturated heterocycles. The van der Waals surface area contributed by atoms with E-state index < -0.39 is 0 Å². The van der Waals surface area contributed by atoms with Crippen molar-refractivity contribution in [3.8, 4) is 0 Å². The third-order valence-electron chi connectivity index (χ3n) is 2.98. The summed E-state index contributed by atoms with van der Waals surface area (Å²) in [5.74, 6) is 0.0919. The van der Waals surface area contributed by atoms with Crippen LogP contribution in [0.15, 0.2) is 0 Å². The average Bonchev–Trinajstić information content (AvgIpc) is 2.45. The molecule has 0 bridgehead atoms. The van der Waals surface area contributed by atoms with Crippen molar-refractivity contribution in [1.82, 2.24) is 10.6 Å². The maximum Gasteiger partial charge on any atom is 0.236 e. The van der Waals surface area contributed by atoms with Gasteiger partial charge in [0.2, 0.25) is 5.91 Å². The number of amides is 1. The van der Waals surface area contributed by atoms with Gasteiger partial charge in [0.25, 0.3) is 0 Å². The Labute approximate surface area is 86.6 Å². The summed E-state index contributed by atoms with van der Waals surface area (Å²) in [4.78, 5) is 11.3. The van der Waals surface area contributed by atoms with Crippen LogP contribution in [0, 0.1) is 0 Å². The van der Waals surface area contributed by atoms with Crippen LogP contribution in [0.1, 0.15) is 45.4 Å². The van der Waals surface area contributed by atoms with E-state index in [1.807, 2.05) is 6.92 Å². The minimum atomic E-state index is -0.0527. The Morgan fingerprint density at radius 3 is 2.29 bits per heavy atom. The highest BCUT2D eigenvalue weighted by molar-refractivity contribution is 5.80. The van der Waals surface area contributed by atoms with E-state index in [2.05, 4.69) is 10.6 Å². The number of nitrogens with one attached hydrogen (secondary N) is 2. The normalized spacial score (nSPS) is 21.3. The first-order valence-electron chi connectivity index (χ1n) is 5.71. The molecule has 1 aliphatic rings. The lowest BCUT2D eigenvalue weighted by Gasteiger charge is -2.20. The Morgan fingerprint density at radius 2 is 1.79 bits per heavy atom. The van der Waals surface area contributed by atoms with Gasteiger partial charge in [0, 0.05) is 13.1 Å². The molecule has 1 aliphatic carbocycles. The molecule has 0 spiro atoms. The van der Waals surface area contributed by atoms with Gasteiger partial charge in [0.15, 0.2) is 0 Å². The molecular weight excluding hydrogens is 176 g/mol. The molecule has 0 aromatic heterocycles. The van der Waals surface area contributed by atoms with E-state index in [0.29, 0.717) is 6.04 Å². The van der Waals surface area contributed by atoms with Crippen molar-refractivity contribution in [2.24, 2.45) is 0 Å². The molecule has 2 N–H and O–H groups in total. The Balaban J connectivity index is 2.30. The minimum Gasteiger partial charge on any atom is -0.358 e. The van der Waals surface area contributed by atoms with E-state index in [1.165, 1.54) is 38.5 Å². The predicted molar refractivity (Wildman–Crippen MR) is 58.2 cm³/mol. The molecule has 3 nitrogen and oxygen atoms in total. The first kappa shape index (κ1) is 11.5. The maximum atomic E-state index is 11.3. The van der Waals surface area contributed by atoms with Crippen LogP contribution >= 0.6 is 0 Å². The summed E-state index contributed by atoms with van der Waals surface area (Å²) < 4.78 is 0. The topological polar surface area (TPSA) is 41.1 Å². The Bertz CT molecular complexity index is 174. The molecule has 0 heterocycles. The minimum absolute atomic E-state index is 0.0527. The Hall–Kier alpha value is -0.570. The molecule has 82 valence electrons. The van der Waals surface area contributed by atoms with E-state index >= 15 is 0 Å². The lowest BCUT2D eigenvalue weighted by atomic mass is 10.1. The van der Waals surface area contributed by atoms with Crippen molar-refractivity contribution in [1.29, 1.82) is 0 Å².